The minimum atomic E-state index is 0.460. The van der Waals surface area contributed by atoms with Gasteiger partial charge in [0.2, 0.25) is 0 Å². The quantitative estimate of drug-likeness (QED) is 0.730. The number of nitriles is 1. The molecule has 1 N–H and O–H groups in total. The van der Waals surface area contributed by atoms with Gasteiger partial charge in [-0.2, -0.15) is 5.26 Å². The minimum absolute atomic E-state index is 0.460. The molecule has 0 aliphatic carbocycles. The molecule has 2 nitrogen and oxygen atoms in total. The van der Waals surface area contributed by atoms with Gasteiger partial charge in [0, 0.05) is 6.04 Å². The first-order chi connectivity index (χ1) is 6.79. The maximum Gasteiger partial charge on any atom is 0.0991 e. The van der Waals surface area contributed by atoms with E-state index in [0.717, 1.165) is 12.1 Å². The Bertz CT molecular complexity index is 370. The molecule has 72 valence electrons. The topological polar surface area (TPSA) is 35.8 Å². The van der Waals surface area contributed by atoms with Gasteiger partial charge < -0.3 is 5.32 Å². The van der Waals surface area contributed by atoms with Crippen molar-refractivity contribution < 1.29 is 0 Å². The smallest absolute Gasteiger partial charge is 0.0991 e. The molecule has 0 radical (unpaired) electrons. The van der Waals surface area contributed by atoms with Gasteiger partial charge in [-0.1, -0.05) is 6.07 Å². The number of hydrogen-bond acceptors (Lipinski definition) is 2. The lowest BCUT2D eigenvalue weighted by Crippen LogP contribution is -2.13. The van der Waals surface area contributed by atoms with Gasteiger partial charge in [0.15, 0.2) is 0 Å². The maximum atomic E-state index is 8.86. The minimum Gasteiger partial charge on any atom is -0.310 e. The summed E-state index contributed by atoms with van der Waals surface area (Å²) in [5.41, 5.74) is 3.21. The Kier molecular flexibility index (Phi) is 2.51. The highest BCUT2D eigenvalue weighted by atomic mass is 14.9. The number of rotatable bonds is 1. The van der Waals surface area contributed by atoms with E-state index in [4.69, 9.17) is 5.26 Å². The van der Waals surface area contributed by atoms with Crippen molar-refractivity contribution in [1.29, 1.82) is 5.26 Å². The second-order valence-corrected chi connectivity index (χ2v) is 3.89. The fourth-order valence-electron chi connectivity index (χ4n) is 2.05. The van der Waals surface area contributed by atoms with Crippen LogP contribution in [0.4, 0.5) is 0 Å². The summed E-state index contributed by atoms with van der Waals surface area (Å²) in [4.78, 5) is 0. The summed E-state index contributed by atoms with van der Waals surface area (Å²) in [5, 5.41) is 12.3. The molecule has 0 amide bonds. The normalized spacial score (nSPS) is 20.7. The van der Waals surface area contributed by atoms with Gasteiger partial charge in [0.1, 0.15) is 0 Å². The first-order valence-electron chi connectivity index (χ1n) is 5.04. The molecule has 0 aromatic heterocycles. The molecule has 1 fully saturated rings. The number of nitrogens with zero attached hydrogens (tertiary/aromatic N) is 1. The number of nitrogens with one attached hydrogen (secondary N) is 1. The highest BCUT2D eigenvalue weighted by Crippen LogP contribution is 2.24. The molecule has 1 aromatic carbocycles. The van der Waals surface area contributed by atoms with Crippen LogP contribution in [0.25, 0.3) is 0 Å². The Morgan fingerprint density at radius 2 is 2.29 bits per heavy atom. The van der Waals surface area contributed by atoms with Crippen LogP contribution in [-0.2, 0) is 0 Å². The van der Waals surface area contributed by atoms with Crippen molar-refractivity contribution in [3.63, 3.8) is 0 Å². The van der Waals surface area contributed by atoms with Gasteiger partial charge in [-0.3, -0.25) is 0 Å². The van der Waals surface area contributed by atoms with Crippen molar-refractivity contribution in [2.75, 3.05) is 6.54 Å². The third-order valence-electron chi connectivity index (χ3n) is 2.69. The van der Waals surface area contributed by atoms with Crippen LogP contribution < -0.4 is 5.32 Å². The number of benzene rings is 1. The van der Waals surface area contributed by atoms with Crippen LogP contribution in [0.1, 0.15) is 35.6 Å². The van der Waals surface area contributed by atoms with Crippen LogP contribution in [0.3, 0.4) is 0 Å². The summed E-state index contributed by atoms with van der Waals surface area (Å²) >= 11 is 0. The van der Waals surface area contributed by atoms with E-state index in [1.54, 1.807) is 0 Å². The zero-order valence-corrected chi connectivity index (χ0v) is 8.38. The van der Waals surface area contributed by atoms with E-state index in [0.29, 0.717) is 6.04 Å². The van der Waals surface area contributed by atoms with Gasteiger partial charge in [0.05, 0.1) is 11.6 Å². The van der Waals surface area contributed by atoms with E-state index in [1.165, 1.54) is 24.0 Å². The summed E-state index contributed by atoms with van der Waals surface area (Å²) in [6.07, 6.45) is 2.43. The van der Waals surface area contributed by atoms with Crippen molar-refractivity contribution in [3.05, 3.63) is 34.9 Å². The van der Waals surface area contributed by atoms with Crippen LogP contribution in [-0.4, -0.2) is 6.54 Å². The van der Waals surface area contributed by atoms with Gasteiger partial charge in [0.25, 0.3) is 0 Å². The van der Waals surface area contributed by atoms with E-state index in [-0.39, 0.29) is 0 Å². The molecule has 2 rings (SSSR count). The zero-order valence-electron chi connectivity index (χ0n) is 8.38. The molecule has 2 heteroatoms. The Morgan fingerprint density at radius 3 is 2.93 bits per heavy atom. The van der Waals surface area contributed by atoms with Crippen LogP contribution >= 0.6 is 0 Å². The zero-order chi connectivity index (χ0) is 9.97. The maximum absolute atomic E-state index is 8.86. The Balaban J connectivity index is 2.33. The van der Waals surface area contributed by atoms with Crippen LogP contribution in [0.5, 0.6) is 0 Å². The van der Waals surface area contributed by atoms with Crippen molar-refractivity contribution in [2.45, 2.75) is 25.8 Å². The molecule has 1 aromatic rings. The molecule has 1 saturated heterocycles. The summed E-state index contributed by atoms with van der Waals surface area (Å²) in [6.45, 7) is 3.14. The lowest BCUT2D eigenvalue weighted by atomic mass is 10.0. The SMILES string of the molecule is Cc1cc(C#N)cc(C2CCCN2)c1. The Morgan fingerprint density at radius 1 is 1.43 bits per heavy atom. The molecular weight excluding hydrogens is 172 g/mol. The van der Waals surface area contributed by atoms with Gasteiger partial charge in [-0.05, 0) is 49.6 Å². The Hall–Kier alpha value is -1.33. The molecule has 0 bridgehead atoms. The third-order valence-corrected chi connectivity index (χ3v) is 2.69. The molecule has 1 aliphatic rings. The summed E-state index contributed by atoms with van der Waals surface area (Å²) < 4.78 is 0. The van der Waals surface area contributed by atoms with Crippen molar-refractivity contribution in [3.8, 4) is 6.07 Å². The molecule has 14 heavy (non-hydrogen) atoms. The van der Waals surface area contributed by atoms with E-state index in [2.05, 4.69) is 17.5 Å². The standard InChI is InChI=1S/C12H14N2/c1-9-5-10(8-13)7-11(6-9)12-3-2-4-14-12/h5-7,12,14H,2-4H2,1H3. The molecule has 0 spiro atoms. The second kappa shape index (κ2) is 3.81. The average molecular weight is 186 g/mol. The second-order valence-electron chi connectivity index (χ2n) is 3.89. The highest BCUT2D eigenvalue weighted by molar-refractivity contribution is 5.38. The third kappa shape index (κ3) is 1.78. The first kappa shape index (κ1) is 9.23. The predicted molar refractivity (Wildman–Crippen MR) is 55.9 cm³/mol. The lowest BCUT2D eigenvalue weighted by molar-refractivity contribution is 0.647. The van der Waals surface area contributed by atoms with E-state index in [9.17, 15) is 0 Å². The number of aryl methyl sites for hydroxylation is 1. The lowest BCUT2D eigenvalue weighted by Gasteiger charge is -2.11. The fraction of sp³-hybridized carbons (Fsp3) is 0.417. The van der Waals surface area contributed by atoms with Crippen LogP contribution in [0.2, 0.25) is 0 Å². The summed E-state index contributed by atoms with van der Waals surface area (Å²) in [5.74, 6) is 0. The summed E-state index contributed by atoms with van der Waals surface area (Å²) in [6, 6.07) is 8.76. The van der Waals surface area contributed by atoms with E-state index in [1.807, 2.05) is 19.1 Å². The van der Waals surface area contributed by atoms with Gasteiger partial charge in [-0.25, -0.2) is 0 Å². The molecule has 1 aliphatic heterocycles. The number of hydrogen-bond donors (Lipinski definition) is 1. The largest absolute Gasteiger partial charge is 0.310 e. The average Bonchev–Trinajstić information content (AvgIpc) is 2.69. The summed E-state index contributed by atoms with van der Waals surface area (Å²) in [7, 11) is 0. The molecule has 1 heterocycles. The first-order valence-corrected chi connectivity index (χ1v) is 5.04. The van der Waals surface area contributed by atoms with E-state index < -0.39 is 0 Å². The van der Waals surface area contributed by atoms with Gasteiger partial charge in [-0.15, -0.1) is 0 Å². The van der Waals surface area contributed by atoms with Crippen molar-refractivity contribution in [1.82, 2.24) is 5.32 Å². The monoisotopic (exact) mass is 186 g/mol. The highest BCUT2D eigenvalue weighted by Gasteiger charge is 2.16. The van der Waals surface area contributed by atoms with Crippen LogP contribution in [0.15, 0.2) is 18.2 Å². The predicted octanol–water partition coefficient (Wildman–Crippen LogP) is 2.29. The van der Waals surface area contributed by atoms with E-state index >= 15 is 0 Å². The molecule has 1 unspecified atom stereocenters. The van der Waals surface area contributed by atoms with Crippen LogP contribution in [0, 0.1) is 18.3 Å². The van der Waals surface area contributed by atoms with Gasteiger partial charge >= 0.3 is 0 Å². The fourth-order valence-corrected chi connectivity index (χ4v) is 2.05. The molecule has 1 atom stereocenters. The van der Waals surface area contributed by atoms with Crippen molar-refractivity contribution >= 4 is 0 Å². The van der Waals surface area contributed by atoms with Crippen molar-refractivity contribution in [2.24, 2.45) is 0 Å². The Labute approximate surface area is 84.6 Å². The molecule has 0 saturated carbocycles. The molecular formula is C12H14N2.